The Balaban J connectivity index is 2.95. The molecular weight excluding hydrogens is 498 g/mol. The Kier molecular flexibility index (Phi) is 13.8. The largest absolute Gasteiger partial charge is 0.508 e. The van der Waals surface area contributed by atoms with E-state index in [0.29, 0.717) is 24.9 Å². The van der Waals surface area contributed by atoms with Gasteiger partial charge >= 0.3 is 11.9 Å². The Hall–Kier alpha value is -3.71. The topological polar surface area (TPSA) is 234 Å². The number of aliphatic carboxylic acids is 2. The summed E-state index contributed by atoms with van der Waals surface area (Å²) in [5.41, 5.74) is 12.1. The molecule has 10 N–H and O–H groups in total. The van der Waals surface area contributed by atoms with Crippen molar-refractivity contribution in [2.75, 3.05) is 6.54 Å². The zero-order valence-electron chi connectivity index (χ0n) is 21.7. The number of rotatable bonds is 17. The number of carboxylic acid groups (broad SMARTS) is 2. The summed E-state index contributed by atoms with van der Waals surface area (Å²) in [4.78, 5) is 61.5. The lowest BCUT2D eigenvalue weighted by atomic mass is 10.0. The quantitative estimate of drug-likeness (QED) is 0.118. The number of hydrogen-bond acceptors (Lipinski definition) is 8. The van der Waals surface area contributed by atoms with Gasteiger partial charge in [-0.25, -0.2) is 4.79 Å². The molecule has 0 bridgehead atoms. The van der Waals surface area contributed by atoms with E-state index in [1.165, 1.54) is 12.1 Å². The summed E-state index contributed by atoms with van der Waals surface area (Å²) in [5.74, 6) is -5.11. The minimum absolute atomic E-state index is 0.0608. The van der Waals surface area contributed by atoms with Crippen LogP contribution in [0.4, 0.5) is 0 Å². The standard InChI is InChI=1S/C25H39N5O8/c1-14(2)11-19(29-22(34)17(27)12-15-6-8-16(31)9-7-15)23(35)30-20(13-21(32)33)24(36)28-18(25(37)38)5-3-4-10-26/h6-9,14,17-20,31H,3-5,10-13,26-27H2,1-2H3,(H,28,36)(H,29,34)(H,30,35)(H,32,33)(H,37,38). The number of benzene rings is 1. The van der Waals surface area contributed by atoms with Crippen LogP contribution in [0.5, 0.6) is 5.75 Å². The second kappa shape index (κ2) is 16.2. The lowest BCUT2D eigenvalue weighted by Gasteiger charge is -2.25. The van der Waals surface area contributed by atoms with Crippen molar-refractivity contribution in [2.24, 2.45) is 17.4 Å². The Bertz CT molecular complexity index is 954. The zero-order chi connectivity index (χ0) is 28.8. The lowest BCUT2D eigenvalue weighted by Crippen LogP contribution is -2.57. The van der Waals surface area contributed by atoms with Crippen LogP contribution in [0.3, 0.4) is 0 Å². The number of phenols is 1. The molecule has 38 heavy (non-hydrogen) atoms. The monoisotopic (exact) mass is 537 g/mol. The average Bonchev–Trinajstić information content (AvgIpc) is 2.83. The van der Waals surface area contributed by atoms with E-state index in [-0.39, 0.29) is 30.9 Å². The van der Waals surface area contributed by atoms with Crippen LogP contribution >= 0.6 is 0 Å². The fourth-order valence-electron chi connectivity index (χ4n) is 3.64. The number of carbonyl (C=O) groups excluding carboxylic acids is 3. The molecule has 4 atom stereocenters. The molecule has 3 amide bonds. The molecule has 4 unspecified atom stereocenters. The maximum absolute atomic E-state index is 13.1. The van der Waals surface area contributed by atoms with Crippen molar-refractivity contribution in [1.82, 2.24) is 16.0 Å². The third kappa shape index (κ3) is 12.0. The predicted molar refractivity (Wildman–Crippen MR) is 138 cm³/mol. The van der Waals surface area contributed by atoms with Gasteiger partial charge in [-0.3, -0.25) is 19.2 Å². The molecule has 1 aromatic rings. The minimum atomic E-state index is -1.58. The summed E-state index contributed by atoms with van der Waals surface area (Å²) in [5, 5.41) is 35.2. The number of amides is 3. The molecule has 0 aliphatic carbocycles. The van der Waals surface area contributed by atoms with Crippen molar-refractivity contribution in [3.8, 4) is 5.75 Å². The first-order valence-corrected chi connectivity index (χ1v) is 12.4. The van der Waals surface area contributed by atoms with E-state index in [9.17, 15) is 39.3 Å². The Labute approximate surface area is 221 Å². The van der Waals surface area contributed by atoms with Crippen LogP contribution in [0.25, 0.3) is 0 Å². The summed E-state index contributed by atoms with van der Waals surface area (Å²) < 4.78 is 0. The molecule has 212 valence electrons. The molecule has 0 saturated heterocycles. The van der Waals surface area contributed by atoms with Crippen molar-refractivity contribution in [3.05, 3.63) is 29.8 Å². The van der Waals surface area contributed by atoms with E-state index in [0.717, 1.165) is 0 Å². The van der Waals surface area contributed by atoms with E-state index in [1.54, 1.807) is 12.1 Å². The average molecular weight is 538 g/mol. The van der Waals surface area contributed by atoms with Crippen LogP contribution in [0.1, 0.15) is 51.5 Å². The molecule has 13 heteroatoms. The fourth-order valence-corrected chi connectivity index (χ4v) is 3.64. The highest BCUT2D eigenvalue weighted by Crippen LogP contribution is 2.12. The first-order chi connectivity index (χ1) is 17.8. The smallest absolute Gasteiger partial charge is 0.326 e. The lowest BCUT2D eigenvalue weighted by molar-refractivity contribution is -0.143. The molecule has 0 aromatic heterocycles. The number of aromatic hydroxyl groups is 1. The summed E-state index contributed by atoms with van der Waals surface area (Å²) in [6.07, 6.45) is 0.554. The normalized spacial score (nSPS) is 14.1. The molecule has 0 aliphatic rings. The van der Waals surface area contributed by atoms with Crippen molar-refractivity contribution in [2.45, 2.75) is 76.5 Å². The van der Waals surface area contributed by atoms with E-state index >= 15 is 0 Å². The van der Waals surface area contributed by atoms with Gasteiger partial charge in [0.1, 0.15) is 23.9 Å². The Morgan fingerprint density at radius 2 is 1.39 bits per heavy atom. The van der Waals surface area contributed by atoms with Gasteiger partial charge in [0.2, 0.25) is 17.7 Å². The number of carboxylic acids is 2. The van der Waals surface area contributed by atoms with Crippen LogP contribution in [0.2, 0.25) is 0 Å². The van der Waals surface area contributed by atoms with Gasteiger partial charge in [-0.1, -0.05) is 26.0 Å². The van der Waals surface area contributed by atoms with Crippen LogP contribution in [0.15, 0.2) is 24.3 Å². The van der Waals surface area contributed by atoms with Crippen LogP contribution in [-0.4, -0.2) is 75.7 Å². The summed E-state index contributed by atoms with van der Waals surface area (Å²) >= 11 is 0. The van der Waals surface area contributed by atoms with Gasteiger partial charge < -0.3 is 42.7 Å². The van der Waals surface area contributed by atoms with Crippen LogP contribution < -0.4 is 27.4 Å². The van der Waals surface area contributed by atoms with E-state index in [1.807, 2.05) is 13.8 Å². The fraction of sp³-hybridized carbons (Fsp3) is 0.560. The number of unbranched alkanes of at least 4 members (excludes halogenated alkanes) is 1. The van der Waals surface area contributed by atoms with E-state index in [2.05, 4.69) is 16.0 Å². The molecule has 1 aromatic carbocycles. The number of nitrogens with two attached hydrogens (primary N) is 2. The van der Waals surface area contributed by atoms with Gasteiger partial charge in [-0.05, 0) is 62.3 Å². The van der Waals surface area contributed by atoms with E-state index < -0.39 is 60.2 Å². The third-order valence-corrected chi connectivity index (χ3v) is 5.64. The van der Waals surface area contributed by atoms with Crippen molar-refractivity contribution in [3.63, 3.8) is 0 Å². The Morgan fingerprint density at radius 3 is 1.92 bits per heavy atom. The SMILES string of the molecule is CC(C)CC(NC(=O)C(N)Cc1ccc(O)cc1)C(=O)NC(CC(=O)O)C(=O)NC(CCCCN)C(=O)O. The van der Waals surface area contributed by atoms with Gasteiger partial charge in [0.15, 0.2) is 0 Å². The molecule has 0 heterocycles. The molecule has 0 fully saturated rings. The minimum Gasteiger partial charge on any atom is -0.508 e. The van der Waals surface area contributed by atoms with Crippen molar-refractivity contribution >= 4 is 29.7 Å². The molecule has 0 aliphatic heterocycles. The molecular formula is C25H39N5O8. The highest BCUT2D eigenvalue weighted by molar-refractivity contribution is 5.95. The number of carbonyl (C=O) groups is 5. The predicted octanol–water partition coefficient (Wildman–Crippen LogP) is -0.549. The van der Waals surface area contributed by atoms with Gasteiger partial charge in [0, 0.05) is 0 Å². The molecule has 0 spiro atoms. The maximum atomic E-state index is 13.1. The van der Waals surface area contributed by atoms with Gasteiger partial charge in [-0.2, -0.15) is 0 Å². The van der Waals surface area contributed by atoms with Gasteiger partial charge in [-0.15, -0.1) is 0 Å². The molecule has 0 saturated carbocycles. The summed E-state index contributed by atoms with van der Waals surface area (Å²) in [7, 11) is 0. The number of hydrogen-bond donors (Lipinski definition) is 8. The molecule has 1 rings (SSSR count). The molecule has 13 nitrogen and oxygen atoms in total. The second-order valence-electron chi connectivity index (χ2n) is 9.51. The highest BCUT2D eigenvalue weighted by Gasteiger charge is 2.31. The first-order valence-electron chi connectivity index (χ1n) is 12.4. The van der Waals surface area contributed by atoms with Crippen LogP contribution in [-0.2, 0) is 30.4 Å². The van der Waals surface area contributed by atoms with Crippen molar-refractivity contribution in [1.29, 1.82) is 0 Å². The number of nitrogens with one attached hydrogen (secondary N) is 3. The van der Waals surface area contributed by atoms with Crippen LogP contribution in [0, 0.1) is 5.92 Å². The summed E-state index contributed by atoms with van der Waals surface area (Å²) in [6.45, 7) is 3.96. The van der Waals surface area contributed by atoms with Crippen molar-refractivity contribution < 1.29 is 39.3 Å². The second-order valence-corrected chi connectivity index (χ2v) is 9.51. The van der Waals surface area contributed by atoms with E-state index in [4.69, 9.17) is 11.5 Å². The van der Waals surface area contributed by atoms with Gasteiger partial charge in [0.05, 0.1) is 12.5 Å². The molecule has 0 radical (unpaired) electrons. The Morgan fingerprint density at radius 1 is 0.842 bits per heavy atom. The number of phenolic OH excluding ortho intramolecular Hbond substituents is 1. The first kappa shape index (κ1) is 32.3. The zero-order valence-corrected chi connectivity index (χ0v) is 21.7. The highest BCUT2D eigenvalue weighted by atomic mass is 16.4. The summed E-state index contributed by atoms with van der Waals surface area (Å²) in [6, 6.07) is 1.11. The van der Waals surface area contributed by atoms with Gasteiger partial charge in [0.25, 0.3) is 0 Å². The third-order valence-electron chi connectivity index (χ3n) is 5.64. The maximum Gasteiger partial charge on any atom is 0.326 e.